The van der Waals surface area contributed by atoms with Gasteiger partial charge in [0.05, 0.1) is 5.41 Å². The minimum atomic E-state index is -0.311. The van der Waals surface area contributed by atoms with Crippen molar-refractivity contribution < 1.29 is 14.3 Å². The highest BCUT2D eigenvalue weighted by molar-refractivity contribution is 5.86. The van der Waals surface area contributed by atoms with Gasteiger partial charge in [-0.2, -0.15) is 0 Å². The van der Waals surface area contributed by atoms with Gasteiger partial charge in [0.1, 0.15) is 6.61 Å². The van der Waals surface area contributed by atoms with Crippen LogP contribution in [0, 0.1) is 11.3 Å². The quantitative estimate of drug-likeness (QED) is 0.775. The minimum absolute atomic E-state index is 0.0153. The van der Waals surface area contributed by atoms with Crippen LogP contribution in [0.3, 0.4) is 0 Å². The highest BCUT2D eigenvalue weighted by Gasteiger charge is 2.49. The Morgan fingerprint density at radius 2 is 1.96 bits per heavy atom. The Kier molecular flexibility index (Phi) is 5.80. The molecule has 2 heterocycles. The van der Waals surface area contributed by atoms with Crippen LogP contribution in [-0.4, -0.2) is 61.5 Å². The molecule has 1 saturated carbocycles. The van der Waals surface area contributed by atoms with Gasteiger partial charge in [0.25, 0.3) is 0 Å². The fourth-order valence-corrected chi connectivity index (χ4v) is 4.86. The van der Waals surface area contributed by atoms with Gasteiger partial charge in [-0.1, -0.05) is 32.1 Å². The molecule has 3 aliphatic rings. The van der Waals surface area contributed by atoms with Gasteiger partial charge in [0, 0.05) is 33.3 Å². The van der Waals surface area contributed by atoms with Crippen LogP contribution < -0.4 is 0 Å². The summed E-state index contributed by atoms with van der Waals surface area (Å²) in [5.41, 5.74) is -0.311. The number of hydrogen-bond donors (Lipinski definition) is 0. The molecule has 5 heteroatoms. The summed E-state index contributed by atoms with van der Waals surface area (Å²) < 4.78 is 4.96. The number of hydrogen-bond acceptors (Lipinski definition) is 3. The molecule has 24 heavy (non-hydrogen) atoms. The van der Waals surface area contributed by atoms with E-state index in [-0.39, 0.29) is 17.9 Å². The van der Waals surface area contributed by atoms with E-state index >= 15 is 0 Å². The van der Waals surface area contributed by atoms with E-state index in [4.69, 9.17) is 4.74 Å². The van der Waals surface area contributed by atoms with Crippen LogP contribution in [0.1, 0.15) is 57.8 Å². The van der Waals surface area contributed by atoms with Crippen LogP contribution in [0.25, 0.3) is 0 Å². The van der Waals surface area contributed by atoms with Gasteiger partial charge in [0.2, 0.25) is 11.8 Å². The zero-order valence-electron chi connectivity index (χ0n) is 15.1. The molecule has 5 nitrogen and oxygen atoms in total. The van der Waals surface area contributed by atoms with Crippen molar-refractivity contribution in [2.75, 3.05) is 39.9 Å². The van der Waals surface area contributed by atoms with Gasteiger partial charge in [-0.3, -0.25) is 9.59 Å². The average Bonchev–Trinajstić information content (AvgIpc) is 3.03. The third-order valence-corrected chi connectivity index (χ3v) is 6.33. The second kappa shape index (κ2) is 7.85. The Balaban J connectivity index is 1.55. The number of carbonyl (C=O) groups is 2. The molecule has 2 saturated heterocycles. The lowest BCUT2D eigenvalue weighted by molar-refractivity contribution is -0.146. The molecule has 1 spiro atoms. The molecule has 0 aromatic rings. The number of rotatable bonds is 5. The van der Waals surface area contributed by atoms with Crippen molar-refractivity contribution in [1.29, 1.82) is 0 Å². The fraction of sp³-hybridized carbons (Fsp3) is 0.895. The SMILES string of the molecule is COCC(=O)N1CCC2(CCCN(CCC3CCCCC3)C2=O)C1. The summed E-state index contributed by atoms with van der Waals surface area (Å²) in [6.07, 6.45) is 10.8. The molecule has 1 atom stereocenters. The lowest BCUT2D eigenvalue weighted by atomic mass is 9.78. The number of amides is 2. The summed E-state index contributed by atoms with van der Waals surface area (Å²) in [5, 5.41) is 0. The second-order valence-electron chi connectivity index (χ2n) is 7.97. The van der Waals surface area contributed by atoms with Crippen molar-refractivity contribution in [3.8, 4) is 0 Å². The Labute approximate surface area is 145 Å². The van der Waals surface area contributed by atoms with Gasteiger partial charge >= 0.3 is 0 Å². The molecule has 1 unspecified atom stereocenters. The predicted octanol–water partition coefficient (Wildman–Crippen LogP) is 2.44. The molecule has 1 aliphatic carbocycles. The van der Waals surface area contributed by atoms with Gasteiger partial charge in [-0.25, -0.2) is 0 Å². The predicted molar refractivity (Wildman–Crippen MR) is 92.5 cm³/mol. The summed E-state index contributed by atoms with van der Waals surface area (Å²) in [7, 11) is 1.54. The van der Waals surface area contributed by atoms with E-state index < -0.39 is 0 Å². The number of carbonyl (C=O) groups excluding carboxylic acids is 2. The zero-order chi connectivity index (χ0) is 17.0. The number of methoxy groups -OCH3 is 1. The monoisotopic (exact) mass is 336 g/mol. The first-order valence-corrected chi connectivity index (χ1v) is 9.71. The third kappa shape index (κ3) is 3.76. The molecule has 0 radical (unpaired) electrons. The lowest BCUT2D eigenvalue weighted by Crippen LogP contribution is -2.51. The number of likely N-dealkylation sites (tertiary alicyclic amines) is 2. The first-order valence-electron chi connectivity index (χ1n) is 9.71. The van der Waals surface area contributed by atoms with Crippen LogP contribution in [-0.2, 0) is 14.3 Å². The van der Waals surface area contributed by atoms with Gasteiger partial charge in [-0.05, 0) is 31.6 Å². The molecule has 3 rings (SSSR count). The fourth-order valence-electron chi connectivity index (χ4n) is 4.86. The Morgan fingerprint density at radius 1 is 1.17 bits per heavy atom. The normalized spacial score (nSPS) is 28.8. The van der Waals surface area contributed by atoms with Crippen molar-refractivity contribution in [3.63, 3.8) is 0 Å². The maximum absolute atomic E-state index is 13.1. The van der Waals surface area contributed by atoms with Crippen LogP contribution in [0.5, 0.6) is 0 Å². The number of ether oxygens (including phenoxy) is 1. The van der Waals surface area contributed by atoms with E-state index in [1.165, 1.54) is 32.1 Å². The van der Waals surface area contributed by atoms with Crippen molar-refractivity contribution >= 4 is 11.8 Å². The van der Waals surface area contributed by atoms with Crippen LogP contribution in [0.15, 0.2) is 0 Å². The lowest BCUT2D eigenvalue weighted by Gasteiger charge is -2.40. The van der Waals surface area contributed by atoms with Crippen molar-refractivity contribution in [2.24, 2.45) is 11.3 Å². The average molecular weight is 336 g/mol. The summed E-state index contributed by atoms with van der Waals surface area (Å²) >= 11 is 0. The summed E-state index contributed by atoms with van der Waals surface area (Å²) in [6.45, 7) is 3.23. The molecule has 0 aromatic heterocycles. The first-order chi connectivity index (χ1) is 11.6. The zero-order valence-corrected chi connectivity index (χ0v) is 15.1. The van der Waals surface area contributed by atoms with Gasteiger partial charge < -0.3 is 14.5 Å². The third-order valence-electron chi connectivity index (χ3n) is 6.33. The number of piperidine rings is 1. The Morgan fingerprint density at radius 3 is 2.71 bits per heavy atom. The standard InChI is InChI=1S/C19H32N2O3/c1-24-14-17(22)21-13-10-19(15-21)9-5-11-20(18(19)23)12-8-16-6-3-2-4-7-16/h16H,2-15H2,1H3. The molecule has 3 fully saturated rings. The van der Waals surface area contributed by atoms with Gasteiger partial charge in [0.15, 0.2) is 0 Å². The van der Waals surface area contributed by atoms with Crippen molar-refractivity contribution in [1.82, 2.24) is 9.80 Å². The van der Waals surface area contributed by atoms with Gasteiger partial charge in [-0.15, -0.1) is 0 Å². The molecule has 0 N–H and O–H groups in total. The molecule has 0 aromatic carbocycles. The van der Waals surface area contributed by atoms with Crippen molar-refractivity contribution in [3.05, 3.63) is 0 Å². The Hall–Kier alpha value is -1.10. The highest BCUT2D eigenvalue weighted by Crippen LogP contribution is 2.40. The van der Waals surface area contributed by atoms with E-state index in [2.05, 4.69) is 4.90 Å². The molecular formula is C19H32N2O3. The Bertz CT molecular complexity index is 462. The molecule has 2 amide bonds. The number of nitrogens with zero attached hydrogens (tertiary/aromatic N) is 2. The largest absolute Gasteiger partial charge is 0.375 e. The van der Waals surface area contributed by atoms with E-state index in [0.717, 1.165) is 44.7 Å². The molecule has 2 aliphatic heterocycles. The molecule has 136 valence electrons. The van der Waals surface area contributed by atoms with Crippen LogP contribution >= 0.6 is 0 Å². The molecular weight excluding hydrogens is 304 g/mol. The van der Waals surface area contributed by atoms with E-state index in [1.807, 2.05) is 4.90 Å². The maximum Gasteiger partial charge on any atom is 0.248 e. The minimum Gasteiger partial charge on any atom is -0.375 e. The van der Waals surface area contributed by atoms with Crippen molar-refractivity contribution in [2.45, 2.75) is 57.8 Å². The topological polar surface area (TPSA) is 49.9 Å². The van der Waals surface area contributed by atoms with Crippen LogP contribution in [0.4, 0.5) is 0 Å². The smallest absolute Gasteiger partial charge is 0.248 e. The molecule has 0 bridgehead atoms. The summed E-state index contributed by atoms with van der Waals surface area (Å²) in [4.78, 5) is 29.1. The van der Waals surface area contributed by atoms with E-state index in [1.54, 1.807) is 7.11 Å². The second-order valence-corrected chi connectivity index (χ2v) is 7.97. The van der Waals surface area contributed by atoms with Crippen LogP contribution in [0.2, 0.25) is 0 Å². The van der Waals surface area contributed by atoms with E-state index in [0.29, 0.717) is 19.0 Å². The van der Waals surface area contributed by atoms with E-state index in [9.17, 15) is 9.59 Å². The highest BCUT2D eigenvalue weighted by atomic mass is 16.5. The summed E-state index contributed by atoms with van der Waals surface area (Å²) in [6, 6.07) is 0. The summed E-state index contributed by atoms with van der Waals surface area (Å²) in [5.74, 6) is 1.13. The first kappa shape index (κ1) is 17.7. The maximum atomic E-state index is 13.1.